The van der Waals surface area contributed by atoms with Gasteiger partial charge in [0.15, 0.2) is 0 Å². The summed E-state index contributed by atoms with van der Waals surface area (Å²) in [7, 11) is 0. The van der Waals surface area contributed by atoms with Gasteiger partial charge in [0, 0.05) is 5.92 Å². The Morgan fingerprint density at radius 3 is 2.37 bits per heavy atom. The molecule has 0 radical (unpaired) electrons. The Kier molecular flexibility index (Phi) is 3.72. The van der Waals surface area contributed by atoms with Crippen LogP contribution in [-0.4, -0.2) is 22.2 Å². The Morgan fingerprint density at radius 2 is 1.89 bits per heavy atom. The third-order valence-electron chi connectivity index (χ3n) is 4.35. The number of rotatable bonds is 3. The number of aliphatic carboxylic acids is 2. The Bertz CT molecular complexity index is 474. The Balaban J connectivity index is 2.52. The molecule has 2 unspecified atom stereocenters. The second-order valence-corrected chi connectivity index (χ2v) is 5.92. The summed E-state index contributed by atoms with van der Waals surface area (Å²) in [5.74, 6) is -2.59. The molecule has 19 heavy (non-hydrogen) atoms. The maximum Gasteiger partial charge on any atom is 0.333 e. The molecule has 0 saturated heterocycles. The lowest BCUT2D eigenvalue weighted by molar-refractivity contribution is -0.149. The summed E-state index contributed by atoms with van der Waals surface area (Å²) in [6.45, 7) is 1.58. The Morgan fingerprint density at radius 1 is 1.32 bits per heavy atom. The quantitative estimate of drug-likeness (QED) is 0.835. The third-order valence-corrected chi connectivity index (χ3v) is 4.68. The molecule has 0 amide bonds. The summed E-state index contributed by atoms with van der Waals surface area (Å²) in [6, 6.07) is 0. The number of carbonyl (C=O) groups is 2. The van der Waals surface area contributed by atoms with Crippen molar-refractivity contribution in [2.24, 2.45) is 17.3 Å². The predicted octanol–water partition coefficient (Wildman–Crippen LogP) is 3.03. The number of hydrogen-bond donors (Lipinski definition) is 2. The highest BCUT2D eigenvalue weighted by molar-refractivity contribution is 6.33. The van der Waals surface area contributed by atoms with E-state index in [2.05, 4.69) is 0 Å². The Labute approximate surface area is 116 Å². The van der Waals surface area contributed by atoms with E-state index in [-0.39, 0.29) is 16.5 Å². The van der Waals surface area contributed by atoms with Gasteiger partial charge >= 0.3 is 11.9 Å². The van der Waals surface area contributed by atoms with Crippen LogP contribution < -0.4 is 0 Å². The standard InChI is InChI=1S/C14H17ClO4/c1-14(13(18)19)7-6-9(15)10(12(16)17)11(14)8-4-2-3-5-8/h6-8,11H,2-5H2,1H3,(H,16,17)(H,18,19). The molecule has 1 saturated carbocycles. The second-order valence-electron chi connectivity index (χ2n) is 5.51. The first-order valence-electron chi connectivity index (χ1n) is 6.43. The lowest BCUT2D eigenvalue weighted by atomic mass is 9.64. The predicted molar refractivity (Wildman–Crippen MR) is 70.8 cm³/mol. The van der Waals surface area contributed by atoms with E-state index in [1.807, 2.05) is 0 Å². The van der Waals surface area contributed by atoms with E-state index in [9.17, 15) is 19.8 Å². The van der Waals surface area contributed by atoms with E-state index >= 15 is 0 Å². The zero-order valence-corrected chi connectivity index (χ0v) is 11.5. The molecule has 2 rings (SSSR count). The minimum Gasteiger partial charge on any atom is -0.481 e. The van der Waals surface area contributed by atoms with Crippen molar-refractivity contribution in [2.45, 2.75) is 32.6 Å². The summed E-state index contributed by atoms with van der Waals surface area (Å²) in [6.07, 6.45) is 6.71. The zero-order chi connectivity index (χ0) is 14.2. The summed E-state index contributed by atoms with van der Waals surface area (Å²) < 4.78 is 0. The molecule has 2 aliphatic carbocycles. The van der Waals surface area contributed by atoms with Gasteiger partial charge in [-0.25, -0.2) is 4.79 Å². The third kappa shape index (κ3) is 2.29. The topological polar surface area (TPSA) is 74.6 Å². The first-order valence-corrected chi connectivity index (χ1v) is 6.81. The number of hydrogen-bond acceptors (Lipinski definition) is 2. The van der Waals surface area contributed by atoms with E-state index in [0.717, 1.165) is 25.7 Å². The highest BCUT2D eigenvalue weighted by Crippen LogP contribution is 2.49. The fourth-order valence-electron chi connectivity index (χ4n) is 3.34. The number of halogens is 1. The van der Waals surface area contributed by atoms with Crippen LogP contribution in [0.25, 0.3) is 0 Å². The molecule has 0 aromatic carbocycles. The van der Waals surface area contributed by atoms with Crippen LogP contribution in [0.15, 0.2) is 22.8 Å². The summed E-state index contributed by atoms with van der Waals surface area (Å²) in [5, 5.41) is 19.0. The van der Waals surface area contributed by atoms with Crippen LogP contribution in [-0.2, 0) is 9.59 Å². The lowest BCUT2D eigenvalue weighted by Gasteiger charge is -2.38. The van der Waals surface area contributed by atoms with Crippen molar-refractivity contribution in [2.75, 3.05) is 0 Å². The molecule has 2 N–H and O–H groups in total. The van der Waals surface area contributed by atoms with Crippen molar-refractivity contribution < 1.29 is 19.8 Å². The van der Waals surface area contributed by atoms with Crippen molar-refractivity contribution in [1.29, 1.82) is 0 Å². The van der Waals surface area contributed by atoms with Gasteiger partial charge in [0.05, 0.1) is 16.0 Å². The maximum atomic E-state index is 11.6. The number of carboxylic acid groups (broad SMARTS) is 2. The van der Waals surface area contributed by atoms with Gasteiger partial charge in [0.2, 0.25) is 0 Å². The smallest absolute Gasteiger partial charge is 0.333 e. The van der Waals surface area contributed by atoms with Crippen molar-refractivity contribution in [3.8, 4) is 0 Å². The van der Waals surface area contributed by atoms with Crippen LogP contribution in [0, 0.1) is 17.3 Å². The van der Waals surface area contributed by atoms with Crippen LogP contribution in [0.5, 0.6) is 0 Å². The largest absolute Gasteiger partial charge is 0.481 e. The molecule has 0 aromatic heterocycles. The van der Waals surface area contributed by atoms with Crippen molar-refractivity contribution >= 4 is 23.5 Å². The fourth-order valence-corrected chi connectivity index (χ4v) is 3.61. The van der Waals surface area contributed by atoms with Gasteiger partial charge in [0.25, 0.3) is 0 Å². The van der Waals surface area contributed by atoms with Gasteiger partial charge in [-0.05, 0) is 31.8 Å². The maximum absolute atomic E-state index is 11.6. The van der Waals surface area contributed by atoms with Crippen LogP contribution in [0.4, 0.5) is 0 Å². The van der Waals surface area contributed by atoms with E-state index in [1.165, 1.54) is 12.2 Å². The van der Waals surface area contributed by atoms with Crippen LogP contribution in [0.1, 0.15) is 32.6 Å². The van der Waals surface area contributed by atoms with Gasteiger partial charge < -0.3 is 10.2 Å². The highest BCUT2D eigenvalue weighted by atomic mass is 35.5. The molecule has 2 atom stereocenters. The lowest BCUT2D eigenvalue weighted by Crippen LogP contribution is -2.42. The number of carboxylic acids is 2. The Hall–Kier alpha value is -1.29. The average molecular weight is 285 g/mol. The summed E-state index contributed by atoms with van der Waals surface area (Å²) in [4.78, 5) is 23.1. The molecule has 104 valence electrons. The minimum atomic E-state index is -1.19. The zero-order valence-electron chi connectivity index (χ0n) is 10.7. The van der Waals surface area contributed by atoms with Crippen LogP contribution in [0.3, 0.4) is 0 Å². The molecular formula is C14H17ClO4. The molecule has 0 bridgehead atoms. The van der Waals surface area contributed by atoms with Gasteiger partial charge in [-0.15, -0.1) is 0 Å². The summed E-state index contributed by atoms with van der Waals surface area (Å²) >= 11 is 6.00. The van der Waals surface area contributed by atoms with E-state index in [0.29, 0.717) is 0 Å². The monoisotopic (exact) mass is 284 g/mol. The average Bonchev–Trinajstić information content (AvgIpc) is 2.84. The first-order chi connectivity index (χ1) is 8.88. The minimum absolute atomic E-state index is 0.0565. The summed E-state index contributed by atoms with van der Waals surface area (Å²) in [5.41, 5.74) is -1.14. The van der Waals surface area contributed by atoms with Gasteiger partial charge in [-0.1, -0.05) is 30.5 Å². The van der Waals surface area contributed by atoms with E-state index in [1.54, 1.807) is 6.92 Å². The van der Waals surface area contributed by atoms with Gasteiger partial charge in [-0.2, -0.15) is 0 Å². The molecule has 4 nitrogen and oxygen atoms in total. The van der Waals surface area contributed by atoms with Crippen LogP contribution in [0.2, 0.25) is 0 Å². The molecular weight excluding hydrogens is 268 g/mol. The van der Waals surface area contributed by atoms with Gasteiger partial charge in [-0.3, -0.25) is 4.79 Å². The van der Waals surface area contributed by atoms with Crippen LogP contribution >= 0.6 is 11.6 Å². The highest BCUT2D eigenvalue weighted by Gasteiger charge is 2.49. The molecule has 0 aromatic rings. The second kappa shape index (κ2) is 5.00. The van der Waals surface area contributed by atoms with Crippen molar-refractivity contribution in [1.82, 2.24) is 0 Å². The molecule has 5 heteroatoms. The van der Waals surface area contributed by atoms with Crippen molar-refractivity contribution in [3.63, 3.8) is 0 Å². The van der Waals surface area contributed by atoms with Gasteiger partial charge in [0.1, 0.15) is 0 Å². The first kappa shape index (κ1) is 14.1. The van der Waals surface area contributed by atoms with E-state index < -0.39 is 23.3 Å². The molecule has 2 aliphatic rings. The molecule has 0 spiro atoms. The fraction of sp³-hybridized carbons (Fsp3) is 0.571. The molecule has 0 heterocycles. The molecule has 1 fully saturated rings. The normalized spacial score (nSPS) is 31.8. The molecule has 0 aliphatic heterocycles. The SMILES string of the molecule is CC1(C(=O)O)C=CC(Cl)=C(C(=O)O)C1C1CCCC1. The van der Waals surface area contributed by atoms with E-state index in [4.69, 9.17) is 11.6 Å². The number of allylic oxidation sites excluding steroid dienone is 2. The van der Waals surface area contributed by atoms with Crippen molar-refractivity contribution in [3.05, 3.63) is 22.8 Å².